The third-order valence-corrected chi connectivity index (χ3v) is 3.64. The molecule has 8 heteroatoms. The standard InChI is InChI=1S/C15H11ClF3NO3/c16-11-4-9(13-10(5-11)7-22-8-23-13)6-20-3-1-2-12(14(20)21)15(17,18)19/h1-5H,6-8H2. The quantitative estimate of drug-likeness (QED) is 0.837. The summed E-state index contributed by atoms with van der Waals surface area (Å²) in [4.78, 5) is 12.0. The van der Waals surface area contributed by atoms with Crippen LogP contribution < -0.4 is 10.3 Å². The van der Waals surface area contributed by atoms with Gasteiger partial charge in [-0.25, -0.2) is 0 Å². The van der Waals surface area contributed by atoms with Crippen molar-refractivity contribution in [3.8, 4) is 5.75 Å². The lowest BCUT2D eigenvalue weighted by atomic mass is 10.1. The molecular formula is C15H11ClF3NO3. The Hall–Kier alpha value is -1.99. The number of hydrogen-bond acceptors (Lipinski definition) is 3. The monoisotopic (exact) mass is 345 g/mol. The summed E-state index contributed by atoms with van der Waals surface area (Å²) >= 11 is 6.01. The molecular weight excluding hydrogens is 335 g/mol. The van der Waals surface area contributed by atoms with Crippen molar-refractivity contribution in [1.82, 2.24) is 4.57 Å². The molecule has 0 radical (unpaired) electrons. The first-order valence-electron chi connectivity index (χ1n) is 6.65. The minimum Gasteiger partial charge on any atom is -0.467 e. The summed E-state index contributed by atoms with van der Waals surface area (Å²) < 4.78 is 50.0. The second-order valence-electron chi connectivity index (χ2n) is 5.02. The van der Waals surface area contributed by atoms with Crippen LogP contribution in [0.3, 0.4) is 0 Å². The molecule has 0 N–H and O–H groups in total. The Morgan fingerprint density at radius 3 is 2.83 bits per heavy atom. The Balaban J connectivity index is 2.04. The predicted octanol–water partition coefficient (Wildman–Crippen LogP) is 3.44. The molecule has 1 aliphatic rings. The molecule has 122 valence electrons. The number of aromatic nitrogens is 1. The fourth-order valence-corrected chi connectivity index (χ4v) is 2.70. The number of halogens is 4. The van der Waals surface area contributed by atoms with Crippen molar-refractivity contribution in [2.75, 3.05) is 6.79 Å². The second kappa shape index (κ2) is 5.90. The summed E-state index contributed by atoms with van der Waals surface area (Å²) in [5.74, 6) is 0.491. The van der Waals surface area contributed by atoms with E-state index in [2.05, 4.69) is 0 Å². The van der Waals surface area contributed by atoms with Gasteiger partial charge < -0.3 is 14.0 Å². The molecule has 2 heterocycles. The first kappa shape index (κ1) is 15.9. The zero-order chi connectivity index (χ0) is 16.6. The van der Waals surface area contributed by atoms with Crippen molar-refractivity contribution in [3.05, 3.63) is 62.5 Å². The Labute approximate surface area is 134 Å². The number of rotatable bonds is 2. The van der Waals surface area contributed by atoms with Crippen LogP contribution in [0, 0.1) is 0 Å². The highest BCUT2D eigenvalue weighted by Gasteiger charge is 2.34. The molecule has 0 spiro atoms. The van der Waals surface area contributed by atoms with Gasteiger partial charge in [-0.05, 0) is 24.3 Å². The summed E-state index contributed by atoms with van der Waals surface area (Å²) in [6.45, 7) is 0.255. The third kappa shape index (κ3) is 3.20. The van der Waals surface area contributed by atoms with E-state index in [4.69, 9.17) is 21.1 Å². The van der Waals surface area contributed by atoms with Gasteiger partial charge in [0.15, 0.2) is 6.79 Å². The summed E-state index contributed by atoms with van der Waals surface area (Å²) in [6.07, 6.45) is -3.40. The fraction of sp³-hybridized carbons (Fsp3) is 0.267. The molecule has 0 aliphatic carbocycles. The maximum Gasteiger partial charge on any atom is 0.421 e. The second-order valence-corrected chi connectivity index (χ2v) is 5.45. The molecule has 0 bridgehead atoms. The van der Waals surface area contributed by atoms with Crippen LogP contribution in [-0.2, 0) is 24.1 Å². The van der Waals surface area contributed by atoms with Crippen molar-refractivity contribution in [3.63, 3.8) is 0 Å². The topological polar surface area (TPSA) is 40.5 Å². The van der Waals surface area contributed by atoms with Crippen LogP contribution in [-0.4, -0.2) is 11.4 Å². The van der Waals surface area contributed by atoms with Crippen LogP contribution in [0.5, 0.6) is 5.75 Å². The van der Waals surface area contributed by atoms with Gasteiger partial charge in [0, 0.05) is 22.3 Å². The van der Waals surface area contributed by atoms with E-state index in [0.29, 0.717) is 28.5 Å². The highest BCUT2D eigenvalue weighted by molar-refractivity contribution is 6.30. The van der Waals surface area contributed by atoms with E-state index < -0.39 is 17.3 Å². The van der Waals surface area contributed by atoms with Gasteiger partial charge in [-0.2, -0.15) is 13.2 Å². The Morgan fingerprint density at radius 2 is 2.09 bits per heavy atom. The molecule has 0 saturated carbocycles. The van der Waals surface area contributed by atoms with E-state index in [1.807, 2.05) is 0 Å². The lowest BCUT2D eigenvalue weighted by molar-refractivity contribution is -0.138. The van der Waals surface area contributed by atoms with Crippen LogP contribution in [0.25, 0.3) is 0 Å². The number of fused-ring (bicyclic) bond motifs is 1. The molecule has 1 aliphatic heterocycles. The van der Waals surface area contributed by atoms with E-state index in [1.54, 1.807) is 12.1 Å². The van der Waals surface area contributed by atoms with Gasteiger partial charge in [-0.1, -0.05) is 11.6 Å². The average molecular weight is 346 g/mol. The number of alkyl halides is 3. The van der Waals surface area contributed by atoms with Gasteiger partial charge in [0.05, 0.1) is 13.2 Å². The van der Waals surface area contributed by atoms with Gasteiger partial charge in [0.1, 0.15) is 11.3 Å². The first-order chi connectivity index (χ1) is 10.9. The molecule has 0 amide bonds. The normalized spacial score (nSPS) is 14.3. The number of pyridine rings is 1. The van der Waals surface area contributed by atoms with Crippen molar-refractivity contribution in [1.29, 1.82) is 0 Å². The lowest BCUT2D eigenvalue weighted by Crippen LogP contribution is -2.28. The van der Waals surface area contributed by atoms with Gasteiger partial charge in [0.25, 0.3) is 5.56 Å². The maximum atomic E-state index is 12.8. The number of ether oxygens (including phenoxy) is 2. The molecule has 1 aromatic heterocycles. The van der Waals surface area contributed by atoms with Gasteiger partial charge in [0.2, 0.25) is 0 Å². The number of benzene rings is 1. The van der Waals surface area contributed by atoms with Gasteiger partial charge >= 0.3 is 6.18 Å². The molecule has 0 fully saturated rings. The molecule has 4 nitrogen and oxygen atoms in total. The summed E-state index contributed by atoms with van der Waals surface area (Å²) in [6, 6.07) is 5.18. The van der Waals surface area contributed by atoms with Crippen LogP contribution in [0.1, 0.15) is 16.7 Å². The van der Waals surface area contributed by atoms with Crippen molar-refractivity contribution in [2.24, 2.45) is 0 Å². The SMILES string of the molecule is O=c1c(C(F)(F)F)cccn1Cc1cc(Cl)cc2c1OCOC2. The zero-order valence-electron chi connectivity index (χ0n) is 11.7. The van der Waals surface area contributed by atoms with E-state index >= 15 is 0 Å². The van der Waals surface area contributed by atoms with Gasteiger partial charge in [-0.15, -0.1) is 0 Å². The Kier molecular flexibility index (Phi) is 4.08. The minimum absolute atomic E-state index is 0.0408. The molecule has 0 atom stereocenters. The molecule has 0 saturated heterocycles. The fourth-order valence-electron chi connectivity index (χ4n) is 2.43. The van der Waals surface area contributed by atoms with Crippen molar-refractivity contribution in [2.45, 2.75) is 19.3 Å². The summed E-state index contributed by atoms with van der Waals surface area (Å²) in [5, 5.41) is 0.396. The van der Waals surface area contributed by atoms with E-state index in [-0.39, 0.29) is 13.3 Å². The smallest absolute Gasteiger partial charge is 0.421 e. The highest BCUT2D eigenvalue weighted by atomic mass is 35.5. The molecule has 1 aromatic carbocycles. The van der Waals surface area contributed by atoms with Crippen molar-refractivity contribution < 1.29 is 22.6 Å². The minimum atomic E-state index is -4.70. The number of nitrogens with zero attached hydrogens (tertiary/aromatic N) is 1. The summed E-state index contributed by atoms with van der Waals surface area (Å²) in [5.41, 5.74) is -1.10. The lowest BCUT2D eigenvalue weighted by Gasteiger charge is -2.21. The van der Waals surface area contributed by atoms with Crippen LogP contribution in [0.4, 0.5) is 13.2 Å². The van der Waals surface area contributed by atoms with E-state index in [1.165, 1.54) is 12.3 Å². The Morgan fingerprint density at radius 1 is 1.30 bits per heavy atom. The van der Waals surface area contributed by atoms with Crippen LogP contribution >= 0.6 is 11.6 Å². The van der Waals surface area contributed by atoms with Gasteiger partial charge in [-0.3, -0.25) is 4.79 Å². The predicted molar refractivity (Wildman–Crippen MR) is 76.5 cm³/mol. The Bertz CT molecular complexity index is 802. The van der Waals surface area contributed by atoms with Crippen LogP contribution in [0.2, 0.25) is 5.02 Å². The zero-order valence-corrected chi connectivity index (χ0v) is 12.4. The van der Waals surface area contributed by atoms with Crippen LogP contribution in [0.15, 0.2) is 35.3 Å². The average Bonchev–Trinajstić information content (AvgIpc) is 2.48. The first-order valence-corrected chi connectivity index (χ1v) is 7.02. The molecule has 3 rings (SSSR count). The molecule has 0 unspecified atom stereocenters. The number of hydrogen-bond donors (Lipinski definition) is 0. The summed E-state index contributed by atoms with van der Waals surface area (Å²) in [7, 11) is 0. The van der Waals surface area contributed by atoms with E-state index in [0.717, 1.165) is 10.6 Å². The molecule has 2 aromatic rings. The molecule has 23 heavy (non-hydrogen) atoms. The third-order valence-electron chi connectivity index (χ3n) is 3.42. The highest BCUT2D eigenvalue weighted by Crippen LogP contribution is 2.32. The largest absolute Gasteiger partial charge is 0.467 e. The van der Waals surface area contributed by atoms with E-state index in [9.17, 15) is 18.0 Å². The van der Waals surface area contributed by atoms with Crippen molar-refractivity contribution >= 4 is 11.6 Å². The maximum absolute atomic E-state index is 12.8.